The van der Waals surface area contributed by atoms with Gasteiger partial charge in [-0.05, 0) is 19.4 Å². The molecule has 4 heterocycles. The molecular formula is C16H19N5O2. The van der Waals surface area contributed by atoms with Gasteiger partial charge in [0.2, 0.25) is 5.91 Å². The number of aryl methyl sites for hydroxylation is 2. The van der Waals surface area contributed by atoms with Crippen molar-refractivity contribution in [3.8, 4) is 0 Å². The molecule has 2 aliphatic heterocycles. The summed E-state index contributed by atoms with van der Waals surface area (Å²) in [5, 5.41) is 4.25. The quantitative estimate of drug-likeness (QED) is 0.763. The van der Waals surface area contributed by atoms with E-state index in [1.165, 1.54) is 0 Å². The van der Waals surface area contributed by atoms with Crippen molar-refractivity contribution in [2.45, 2.75) is 39.4 Å². The summed E-state index contributed by atoms with van der Waals surface area (Å²) in [6, 6.07) is 1.97. The number of hydrogen-bond donors (Lipinski definition) is 0. The van der Waals surface area contributed by atoms with Crippen molar-refractivity contribution in [1.82, 2.24) is 24.2 Å². The van der Waals surface area contributed by atoms with Crippen LogP contribution in [-0.4, -0.2) is 30.1 Å². The second-order valence-electron chi connectivity index (χ2n) is 6.38. The fourth-order valence-corrected chi connectivity index (χ4v) is 3.52. The van der Waals surface area contributed by atoms with Crippen LogP contribution in [0.25, 0.3) is 0 Å². The van der Waals surface area contributed by atoms with Crippen molar-refractivity contribution in [1.29, 1.82) is 0 Å². The minimum Gasteiger partial charge on any atom is -0.332 e. The summed E-state index contributed by atoms with van der Waals surface area (Å²) in [5.41, 5.74) is 2.48. The van der Waals surface area contributed by atoms with Crippen LogP contribution in [0.3, 0.4) is 0 Å². The third-order valence-corrected chi connectivity index (χ3v) is 4.99. The van der Waals surface area contributed by atoms with E-state index < -0.39 is 0 Å². The Hall–Kier alpha value is -2.44. The van der Waals surface area contributed by atoms with Crippen molar-refractivity contribution >= 4 is 5.91 Å². The molecule has 7 nitrogen and oxygen atoms in total. The molecule has 1 atom stereocenters. The fourth-order valence-electron chi connectivity index (χ4n) is 3.52. The Kier molecular flexibility index (Phi) is 3.11. The second-order valence-corrected chi connectivity index (χ2v) is 6.38. The van der Waals surface area contributed by atoms with E-state index in [0.717, 1.165) is 30.8 Å². The van der Waals surface area contributed by atoms with Gasteiger partial charge in [-0.25, -0.2) is 4.98 Å². The highest BCUT2D eigenvalue weighted by Gasteiger charge is 2.33. The minimum atomic E-state index is -0.0375. The SMILES string of the molecule is Cc1nc2c(c(=O)n1C)CN(C(=O)C1CCn3nccc3C1)C2. The summed E-state index contributed by atoms with van der Waals surface area (Å²) in [5.74, 6) is 0.776. The van der Waals surface area contributed by atoms with Crippen LogP contribution in [0.5, 0.6) is 0 Å². The van der Waals surface area contributed by atoms with Crippen LogP contribution in [0.4, 0.5) is 0 Å². The molecule has 0 saturated carbocycles. The molecule has 0 bridgehead atoms. The molecule has 0 fully saturated rings. The number of nitrogens with zero attached hydrogens (tertiary/aromatic N) is 5. The van der Waals surface area contributed by atoms with Gasteiger partial charge in [-0.3, -0.25) is 18.8 Å². The van der Waals surface area contributed by atoms with E-state index in [0.29, 0.717) is 24.5 Å². The van der Waals surface area contributed by atoms with Crippen LogP contribution in [-0.2, 0) is 37.9 Å². The molecule has 120 valence electrons. The summed E-state index contributed by atoms with van der Waals surface area (Å²) in [6.45, 7) is 3.41. The first-order valence-electron chi connectivity index (χ1n) is 7.89. The van der Waals surface area contributed by atoms with Crippen LogP contribution in [0.1, 0.15) is 29.2 Å². The average molecular weight is 313 g/mol. The number of aromatic nitrogens is 4. The second kappa shape index (κ2) is 5.04. The van der Waals surface area contributed by atoms with Gasteiger partial charge in [-0.15, -0.1) is 0 Å². The number of carbonyl (C=O) groups is 1. The molecule has 0 N–H and O–H groups in total. The van der Waals surface area contributed by atoms with Gasteiger partial charge in [0.05, 0.1) is 24.3 Å². The lowest BCUT2D eigenvalue weighted by molar-refractivity contribution is -0.136. The highest BCUT2D eigenvalue weighted by atomic mass is 16.2. The highest BCUT2D eigenvalue weighted by Crippen LogP contribution is 2.26. The Bertz CT molecular complexity index is 851. The van der Waals surface area contributed by atoms with Crippen LogP contribution >= 0.6 is 0 Å². The van der Waals surface area contributed by atoms with E-state index in [2.05, 4.69) is 10.1 Å². The first kappa shape index (κ1) is 14.2. The number of fused-ring (bicyclic) bond motifs is 2. The van der Waals surface area contributed by atoms with Crippen LogP contribution in [0.2, 0.25) is 0 Å². The molecule has 2 aliphatic rings. The van der Waals surface area contributed by atoms with E-state index in [1.807, 2.05) is 17.7 Å². The van der Waals surface area contributed by atoms with Gasteiger partial charge in [0.15, 0.2) is 0 Å². The molecular weight excluding hydrogens is 294 g/mol. The van der Waals surface area contributed by atoms with Gasteiger partial charge in [0, 0.05) is 37.8 Å². The number of hydrogen-bond acceptors (Lipinski definition) is 4. The van der Waals surface area contributed by atoms with Gasteiger partial charge in [0.25, 0.3) is 5.56 Å². The number of carbonyl (C=O) groups excluding carboxylic acids is 1. The summed E-state index contributed by atoms with van der Waals surface area (Å²) >= 11 is 0. The summed E-state index contributed by atoms with van der Waals surface area (Å²) in [7, 11) is 1.72. The first-order chi connectivity index (χ1) is 11.0. The number of rotatable bonds is 1. The standard InChI is InChI=1S/C16H19N5O2/c1-10-18-14-9-20(8-13(14)16(23)19(10)2)15(22)11-4-6-21-12(7-11)3-5-17-21/h3,5,11H,4,6-9H2,1-2H3. The summed E-state index contributed by atoms with van der Waals surface area (Å²) in [4.78, 5) is 31.4. The third kappa shape index (κ3) is 2.18. The van der Waals surface area contributed by atoms with Gasteiger partial charge in [0.1, 0.15) is 5.82 Å². The van der Waals surface area contributed by atoms with Gasteiger partial charge in [-0.2, -0.15) is 5.10 Å². The van der Waals surface area contributed by atoms with E-state index in [4.69, 9.17) is 0 Å². The minimum absolute atomic E-state index is 0.0292. The smallest absolute Gasteiger partial charge is 0.258 e. The van der Waals surface area contributed by atoms with Crippen LogP contribution in [0.15, 0.2) is 17.1 Å². The summed E-state index contributed by atoms with van der Waals surface area (Å²) in [6.07, 6.45) is 3.30. The lowest BCUT2D eigenvalue weighted by Gasteiger charge is -2.26. The van der Waals surface area contributed by atoms with E-state index in [1.54, 1.807) is 22.7 Å². The molecule has 23 heavy (non-hydrogen) atoms. The van der Waals surface area contributed by atoms with Crippen LogP contribution < -0.4 is 5.56 Å². The molecule has 1 unspecified atom stereocenters. The van der Waals surface area contributed by atoms with Crippen molar-refractivity contribution in [2.75, 3.05) is 0 Å². The topological polar surface area (TPSA) is 73.0 Å². The number of amides is 1. The normalized spacial score (nSPS) is 19.6. The zero-order chi connectivity index (χ0) is 16.1. The Morgan fingerprint density at radius 1 is 1.35 bits per heavy atom. The molecule has 0 aromatic carbocycles. The maximum Gasteiger partial charge on any atom is 0.258 e. The highest BCUT2D eigenvalue weighted by molar-refractivity contribution is 5.79. The van der Waals surface area contributed by atoms with Crippen LogP contribution in [0, 0.1) is 12.8 Å². The largest absolute Gasteiger partial charge is 0.332 e. The van der Waals surface area contributed by atoms with Crippen molar-refractivity contribution < 1.29 is 4.79 Å². The fraction of sp³-hybridized carbons (Fsp3) is 0.500. The van der Waals surface area contributed by atoms with Crippen molar-refractivity contribution in [3.63, 3.8) is 0 Å². The third-order valence-electron chi connectivity index (χ3n) is 4.99. The lowest BCUT2D eigenvalue weighted by atomic mass is 9.95. The molecule has 2 aromatic heterocycles. The predicted molar refractivity (Wildman–Crippen MR) is 82.5 cm³/mol. The Balaban J connectivity index is 1.56. The lowest BCUT2D eigenvalue weighted by Crippen LogP contribution is -2.36. The molecule has 4 rings (SSSR count). The maximum absolute atomic E-state index is 12.8. The van der Waals surface area contributed by atoms with Gasteiger partial charge in [-0.1, -0.05) is 0 Å². The van der Waals surface area contributed by atoms with E-state index in [9.17, 15) is 9.59 Å². The molecule has 0 saturated heterocycles. The first-order valence-corrected chi connectivity index (χ1v) is 7.89. The Labute approximate surface area is 133 Å². The van der Waals surface area contributed by atoms with E-state index >= 15 is 0 Å². The zero-order valence-electron chi connectivity index (χ0n) is 13.3. The molecule has 0 radical (unpaired) electrons. The van der Waals surface area contributed by atoms with Crippen molar-refractivity contribution in [2.24, 2.45) is 13.0 Å². The molecule has 7 heteroatoms. The molecule has 0 aliphatic carbocycles. The molecule has 1 amide bonds. The molecule has 0 spiro atoms. The van der Waals surface area contributed by atoms with Gasteiger partial charge >= 0.3 is 0 Å². The Morgan fingerprint density at radius 2 is 2.17 bits per heavy atom. The Morgan fingerprint density at radius 3 is 3.00 bits per heavy atom. The van der Waals surface area contributed by atoms with Crippen molar-refractivity contribution in [3.05, 3.63) is 45.4 Å². The zero-order valence-corrected chi connectivity index (χ0v) is 13.3. The molecule has 2 aromatic rings. The van der Waals surface area contributed by atoms with Gasteiger partial charge < -0.3 is 4.90 Å². The predicted octanol–water partition coefficient (Wildman–Crippen LogP) is 0.390. The monoisotopic (exact) mass is 313 g/mol. The van der Waals surface area contributed by atoms with E-state index in [-0.39, 0.29) is 17.4 Å². The average Bonchev–Trinajstić information content (AvgIpc) is 3.17. The summed E-state index contributed by atoms with van der Waals surface area (Å²) < 4.78 is 3.51. The maximum atomic E-state index is 12.8.